The fourth-order valence-electron chi connectivity index (χ4n) is 2.95. The molecule has 140 valence electrons. The number of carbonyl (C=O) groups is 2. The van der Waals surface area contributed by atoms with Gasteiger partial charge in [-0.25, -0.2) is 9.59 Å². The third-order valence-corrected chi connectivity index (χ3v) is 4.41. The van der Waals surface area contributed by atoms with Crippen LogP contribution in [0.1, 0.15) is 29.7 Å². The molecular formula is C21H22N2O4. The number of carbonyl (C=O) groups excluding carboxylic acids is 2. The summed E-state index contributed by atoms with van der Waals surface area (Å²) in [6.07, 6.45) is 0. The first-order chi connectivity index (χ1) is 13.0. The predicted molar refractivity (Wildman–Crippen MR) is 101 cm³/mol. The van der Waals surface area contributed by atoms with E-state index in [1.165, 1.54) is 0 Å². The molecule has 1 atom stereocenters. The first-order valence-corrected chi connectivity index (χ1v) is 8.63. The topological polar surface area (TPSA) is 76.7 Å². The number of aryl methyl sites for hydroxylation is 1. The van der Waals surface area contributed by atoms with Crippen molar-refractivity contribution in [1.29, 1.82) is 0 Å². The second-order valence-electron chi connectivity index (χ2n) is 6.41. The molecule has 0 bridgehead atoms. The number of methoxy groups -OCH3 is 1. The quantitative estimate of drug-likeness (QED) is 0.796. The largest absolute Gasteiger partial charge is 0.497 e. The van der Waals surface area contributed by atoms with Crippen LogP contribution in [0.25, 0.3) is 0 Å². The van der Waals surface area contributed by atoms with Crippen LogP contribution >= 0.6 is 0 Å². The lowest BCUT2D eigenvalue weighted by molar-refractivity contribution is -0.140. The number of ether oxygens (including phenoxy) is 2. The molecule has 1 aliphatic heterocycles. The number of benzene rings is 2. The molecule has 27 heavy (non-hydrogen) atoms. The minimum Gasteiger partial charge on any atom is -0.497 e. The zero-order chi connectivity index (χ0) is 19.4. The summed E-state index contributed by atoms with van der Waals surface area (Å²) in [6.45, 7) is 3.85. The molecule has 1 aliphatic rings. The summed E-state index contributed by atoms with van der Waals surface area (Å²) in [5.41, 5.74) is 3.63. The number of nitrogens with one attached hydrogen (secondary N) is 2. The van der Waals surface area contributed by atoms with Crippen LogP contribution in [0.3, 0.4) is 0 Å². The van der Waals surface area contributed by atoms with E-state index in [4.69, 9.17) is 9.47 Å². The van der Waals surface area contributed by atoms with E-state index in [1.54, 1.807) is 26.2 Å². The minimum absolute atomic E-state index is 0.161. The van der Waals surface area contributed by atoms with E-state index in [0.717, 1.165) is 16.7 Å². The Labute approximate surface area is 158 Å². The summed E-state index contributed by atoms with van der Waals surface area (Å²) in [6, 6.07) is 14.0. The molecule has 1 unspecified atom stereocenters. The Bertz CT molecular complexity index is 887. The predicted octanol–water partition coefficient (Wildman–Crippen LogP) is 3.37. The summed E-state index contributed by atoms with van der Waals surface area (Å²) in [5.74, 6) is 0.165. The molecule has 2 N–H and O–H groups in total. The molecule has 0 saturated heterocycles. The van der Waals surface area contributed by atoms with Crippen molar-refractivity contribution >= 4 is 12.0 Å². The van der Waals surface area contributed by atoms with Crippen LogP contribution in [0.15, 0.2) is 59.8 Å². The van der Waals surface area contributed by atoms with Crippen LogP contribution < -0.4 is 15.4 Å². The maximum Gasteiger partial charge on any atom is 0.338 e. The molecule has 2 amide bonds. The average Bonchev–Trinajstić information content (AvgIpc) is 2.66. The number of rotatable bonds is 5. The standard InChI is InChI=1S/C21H22N2O4/c1-13-7-9-15(10-8-13)12-27-20(24)18-14(2)22-21(25)23-19(18)16-5-4-6-17(11-16)26-3/h4-11,19H,12H2,1-3H3,(H2,22,23,25). The molecular weight excluding hydrogens is 344 g/mol. The number of amides is 2. The Morgan fingerprint density at radius 3 is 2.56 bits per heavy atom. The zero-order valence-electron chi connectivity index (χ0n) is 15.5. The SMILES string of the molecule is COc1cccc(C2NC(=O)NC(C)=C2C(=O)OCc2ccc(C)cc2)c1. The van der Waals surface area contributed by atoms with Crippen molar-refractivity contribution in [2.24, 2.45) is 0 Å². The number of allylic oxidation sites excluding steroid dienone is 1. The van der Waals surface area contributed by atoms with E-state index in [-0.39, 0.29) is 12.6 Å². The maximum atomic E-state index is 12.8. The smallest absolute Gasteiger partial charge is 0.338 e. The van der Waals surface area contributed by atoms with Gasteiger partial charge >= 0.3 is 12.0 Å². The highest BCUT2D eigenvalue weighted by molar-refractivity contribution is 5.95. The third-order valence-electron chi connectivity index (χ3n) is 4.41. The number of esters is 1. The van der Waals surface area contributed by atoms with Crippen molar-refractivity contribution in [3.63, 3.8) is 0 Å². The van der Waals surface area contributed by atoms with Crippen LogP contribution in [0, 0.1) is 6.92 Å². The molecule has 2 aromatic carbocycles. The highest BCUT2D eigenvalue weighted by Gasteiger charge is 2.32. The van der Waals surface area contributed by atoms with Crippen LogP contribution in [-0.2, 0) is 16.1 Å². The lowest BCUT2D eigenvalue weighted by Crippen LogP contribution is -2.45. The highest BCUT2D eigenvalue weighted by Crippen LogP contribution is 2.29. The van der Waals surface area contributed by atoms with Gasteiger partial charge < -0.3 is 20.1 Å². The fraction of sp³-hybridized carbons (Fsp3) is 0.238. The Balaban J connectivity index is 1.84. The minimum atomic E-state index is -0.612. The van der Waals surface area contributed by atoms with Gasteiger partial charge in [0.05, 0.1) is 18.7 Å². The molecule has 0 saturated carbocycles. The van der Waals surface area contributed by atoms with Crippen molar-refractivity contribution < 1.29 is 19.1 Å². The van der Waals surface area contributed by atoms with Crippen LogP contribution in [0.2, 0.25) is 0 Å². The Morgan fingerprint density at radius 2 is 1.85 bits per heavy atom. The van der Waals surface area contributed by atoms with Gasteiger partial charge in [-0.05, 0) is 37.1 Å². The monoisotopic (exact) mass is 366 g/mol. The second-order valence-corrected chi connectivity index (χ2v) is 6.41. The molecule has 3 rings (SSSR count). The second kappa shape index (κ2) is 7.95. The normalized spacial score (nSPS) is 16.4. The lowest BCUT2D eigenvalue weighted by Gasteiger charge is -2.28. The first-order valence-electron chi connectivity index (χ1n) is 8.63. The van der Waals surface area contributed by atoms with Gasteiger partial charge in [0.2, 0.25) is 0 Å². The zero-order valence-corrected chi connectivity index (χ0v) is 15.5. The van der Waals surface area contributed by atoms with Gasteiger partial charge in [-0.15, -0.1) is 0 Å². The van der Waals surface area contributed by atoms with E-state index in [0.29, 0.717) is 17.0 Å². The first kappa shape index (κ1) is 18.5. The molecule has 6 heteroatoms. The van der Waals surface area contributed by atoms with E-state index in [9.17, 15) is 9.59 Å². The summed E-state index contributed by atoms with van der Waals surface area (Å²) in [4.78, 5) is 24.7. The number of hydrogen-bond donors (Lipinski definition) is 2. The van der Waals surface area contributed by atoms with Gasteiger partial charge in [-0.3, -0.25) is 0 Å². The number of urea groups is 1. The van der Waals surface area contributed by atoms with Gasteiger partial charge in [0.15, 0.2) is 0 Å². The molecule has 0 radical (unpaired) electrons. The molecule has 0 spiro atoms. The van der Waals surface area contributed by atoms with Crippen LogP contribution in [0.5, 0.6) is 5.75 Å². The molecule has 0 aliphatic carbocycles. The van der Waals surface area contributed by atoms with E-state index in [2.05, 4.69) is 10.6 Å². The van der Waals surface area contributed by atoms with E-state index >= 15 is 0 Å². The summed E-state index contributed by atoms with van der Waals surface area (Å²) >= 11 is 0. The van der Waals surface area contributed by atoms with Crippen molar-refractivity contribution in [3.8, 4) is 5.75 Å². The highest BCUT2D eigenvalue weighted by atomic mass is 16.5. The van der Waals surface area contributed by atoms with E-state index in [1.807, 2.05) is 43.3 Å². The average molecular weight is 366 g/mol. The van der Waals surface area contributed by atoms with Gasteiger partial charge in [-0.1, -0.05) is 42.0 Å². The molecule has 2 aromatic rings. The summed E-state index contributed by atoms with van der Waals surface area (Å²) in [5, 5.41) is 5.43. The van der Waals surface area contributed by atoms with E-state index < -0.39 is 12.0 Å². The van der Waals surface area contributed by atoms with Crippen molar-refractivity contribution in [1.82, 2.24) is 10.6 Å². The maximum absolute atomic E-state index is 12.8. The van der Waals surface area contributed by atoms with Gasteiger partial charge in [0.25, 0.3) is 0 Å². The molecule has 1 heterocycles. The van der Waals surface area contributed by atoms with Crippen LogP contribution in [-0.4, -0.2) is 19.1 Å². The molecule has 0 aromatic heterocycles. The van der Waals surface area contributed by atoms with Gasteiger partial charge in [-0.2, -0.15) is 0 Å². The van der Waals surface area contributed by atoms with Crippen molar-refractivity contribution in [2.45, 2.75) is 26.5 Å². The third kappa shape index (κ3) is 4.28. The summed E-state index contributed by atoms with van der Waals surface area (Å²) < 4.78 is 10.8. The molecule has 0 fully saturated rings. The van der Waals surface area contributed by atoms with Gasteiger partial charge in [0.1, 0.15) is 12.4 Å². The van der Waals surface area contributed by atoms with Gasteiger partial charge in [0, 0.05) is 5.70 Å². The Morgan fingerprint density at radius 1 is 1.11 bits per heavy atom. The van der Waals surface area contributed by atoms with Crippen LogP contribution in [0.4, 0.5) is 4.79 Å². The Kier molecular flexibility index (Phi) is 5.45. The van der Waals surface area contributed by atoms with Crippen molar-refractivity contribution in [3.05, 3.63) is 76.5 Å². The number of hydrogen-bond acceptors (Lipinski definition) is 4. The van der Waals surface area contributed by atoms with Crippen molar-refractivity contribution in [2.75, 3.05) is 7.11 Å². The molecule has 6 nitrogen and oxygen atoms in total. The Hall–Kier alpha value is -3.28. The summed E-state index contributed by atoms with van der Waals surface area (Å²) in [7, 11) is 1.57. The fourth-order valence-corrected chi connectivity index (χ4v) is 2.95. The lowest BCUT2D eigenvalue weighted by atomic mass is 9.95.